The molecule has 2 aromatic heterocycles. The molecule has 8 heteroatoms. The molecule has 3 rings (SSSR count). The lowest BCUT2D eigenvalue weighted by molar-refractivity contribution is -0.137. The minimum atomic E-state index is -4.36. The summed E-state index contributed by atoms with van der Waals surface area (Å²) < 4.78 is 40.4. The van der Waals surface area contributed by atoms with Crippen molar-refractivity contribution in [2.75, 3.05) is 5.32 Å². The van der Waals surface area contributed by atoms with E-state index in [9.17, 15) is 13.2 Å². The first kappa shape index (κ1) is 13.9. The average Bonchev–Trinajstić information content (AvgIpc) is 2.91. The van der Waals surface area contributed by atoms with E-state index in [1.54, 1.807) is 4.68 Å². The van der Waals surface area contributed by atoms with Gasteiger partial charge in [0.25, 0.3) is 0 Å². The summed E-state index contributed by atoms with van der Waals surface area (Å²) in [5.74, 6) is 0.616. The molecule has 0 saturated carbocycles. The summed E-state index contributed by atoms with van der Waals surface area (Å²) in [4.78, 5) is 4.18. The highest BCUT2D eigenvalue weighted by Gasteiger charge is 2.30. The van der Waals surface area contributed by atoms with E-state index in [4.69, 9.17) is 0 Å². The van der Waals surface area contributed by atoms with Gasteiger partial charge in [-0.1, -0.05) is 11.3 Å². The third kappa shape index (κ3) is 2.71. The molecule has 110 valence electrons. The summed E-state index contributed by atoms with van der Waals surface area (Å²) in [5, 5.41) is 7.75. The topological polar surface area (TPSA) is 42.7 Å². The predicted octanol–water partition coefficient (Wildman–Crippen LogP) is 4.10. The third-order valence-corrected chi connectivity index (χ3v) is 4.02. The third-order valence-electron chi connectivity index (χ3n) is 3.06. The van der Waals surface area contributed by atoms with Gasteiger partial charge < -0.3 is 5.32 Å². The Morgan fingerprint density at radius 1 is 1.24 bits per heavy atom. The van der Waals surface area contributed by atoms with E-state index in [1.165, 1.54) is 17.4 Å². The normalized spacial score (nSPS) is 12.0. The van der Waals surface area contributed by atoms with Gasteiger partial charge in [-0.2, -0.15) is 18.3 Å². The molecule has 0 unspecified atom stereocenters. The van der Waals surface area contributed by atoms with Crippen LogP contribution in [0.2, 0.25) is 0 Å². The number of alkyl halides is 3. The molecule has 0 atom stereocenters. The molecule has 0 bridgehead atoms. The molecule has 0 fully saturated rings. The van der Waals surface area contributed by atoms with Crippen LogP contribution in [-0.4, -0.2) is 14.8 Å². The van der Waals surface area contributed by atoms with Crippen molar-refractivity contribution >= 4 is 32.5 Å². The van der Waals surface area contributed by atoms with Crippen LogP contribution >= 0.6 is 11.3 Å². The average molecular weight is 312 g/mol. The monoisotopic (exact) mass is 312 g/mol. The summed E-state index contributed by atoms with van der Waals surface area (Å²) in [6, 6.07) is 5.40. The predicted molar refractivity (Wildman–Crippen MR) is 75.8 cm³/mol. The highest BCUT2D eigenvalue weighted by atomic mass is 32.1. The number of fused-ring (bicyclic) bond motifs is 1. The van der Waals surface area contributed by atoms with Crippen LogP contribution in [0.5, 0.6) is 0 Å². The van der Waals surface area contributed by atoms with E-state index in [2.05, 4.69) is 15.4 Å². The van der Waals surface area contributed by atoms with Crippen molar-refractivity contribution in [3.05, 3.63) is 35.5 Å². The van der Waals surface area contributed by atoms with E-state index in [0.29, 0.717) is 21.2 Å². The zero-order valence-corrected chi connectivity index (χ0v) is 12.0. The quantitative estimate of drug-likeness (QED) is 0.774. The van der Waals surface area contributed by atoms with Crippen molar-refractivity contribution in [1.29, 1.82) is 0 Å². The van der Waals surface area contributed by atoms with Crippen LogP contribution in [0, 0.1) is 6.92 Å². The molecule has 0 aliphatic rings. The van der Waals surface area contributed by atoms with Gasteiger partial charge in [0.05, 0.1) is 15.8 Å². The summed E-state index contributed by atoms with van der Waals surface area (Å²) in [5.41, 5.74) is 0.600. The van der Waals surface area contributed by atoms with Gasteiger partial charge in [0.15, 0.2) is 10.9 Å². The second-order valence-corrected chi connectivity index (χ2v) is 5.65. The van der Waals surface area contributed by atoms with Gasteiger partial charge in [0, 0.05) is 18.8 Å². The summed E-state index contributed by atoms with van der Waals surface area (Å²) in [6.45, 7) is 1.91. The van der Waals surface area contributed by atoms with Crippen molar-refractivity contribution < 1.29 is 13.2 Å². The number of nitrogens with zero attached hydrogens (tertiary/aromatic N) is 3. The number of hydrogen-bond donors (Lipinski definition) is 1. The van der Waals surface area contributed by atoms with E-state index in [1.807, 2.05) is 20.0 Å². The molecule has 0 aliphatic carbocycles. The van der Waals surface area contributed by atoms with E-state index in [-0.39, 0.29) is 0 Å². The standard InChI is InChI=1S/C13H11F3N4S/c1-7-5-11(19-20(7)2)18-12-17-9-6-8(13(14,15)16)3-4-10(9)21-12/h3-6H,1-2H3,(H,17,18,19). The van der Waals surface area contributed by atoms with Gasteiger partial charge in [0.1, 0.15) is 0 Å². The number of benzene rings is 1. The number of nitrogens with one attached hydrogen (secondary N) is 1. The first-order chi connectivity index (χ1) is 9.83. The Hall–Kier alpha value is -2.09. The van der Waals surface area contributed by atoms with Crippen LogP contribution in [0.1, 0.15) is 11.3 Å². The second kappa shape index (κ2) is 4.73. The molecule has 1 aromatic carbocycles. The Bertz CT molecular complexity index is 784. The van der Waals surface area contributed by atoms with Gasteiger partial charge >= 0.3 is 6.18 Å². The fourth-order valence-corrected chi connectivity index (χ4v) is 2.74. The van der Waals surface area contributed by atoms with Crippen LogP contribution in [0.25, 0.3) is 10.2 Å². The Morgan fingerprint density at radius 2 is 2.00 bits per heavy atom. The SMILES string of the molecule is Cc1cc(Nc2nc3cc(C(F)(F)F)ccc3s2)nn1C. The zero-order valence-electron chi connectivity index (χ0n) is 11.2. The van der Waals surface area contributed by atoms with Crippen LogP contribution in [-0.2, 0) is 13.2 Å². The van der Waals surface area contributed by atoms with E-state index < -0.39 is 11.7 Å². The largest absolute Gasteiger partial charge is 0.416 e. The molecule has 4 nitrogen and oxygen atoms in total. The Labute approximate surface area is 122 Å². The van der Waals surface area contributed by atoms with Crippen molar-refractivity contribution in [2.24, 2.45) is 7.05 Å². The number of thiazole rings is 1. The van der Waals surface area contributed by atoms with Crippen LogP contribution in [0.3, 0.4) is 0 Å². The minimum Gasteiger partial charge on any atom is -0.315 e. The number of aryl methyl sites for hydroxylation is 2. The highest BCUT2D eigenvalue weighted by Crippen LogP contribution is 2.34. The molecule has 3 aromatic rings. The van der Waals surface area contributed by atoms with Crippen LogP contribution in [0.15, 0.2) is 24.3 Å². The zero-order chi connectivity index (χ0) is 15.2. The number of halogens is 3. The molecule has 0 amide bonds. The molecule has 1 N–H and O–H groups in total. The van der Waals surface area contributed by atoms with E-state index in [0.717, 1.165) is 17.8 Å². The number of hydrogen-bond acceptors (Lipinski definition) is 4. The molecular formula is C13H11F3N4S. The Kier molecular flexibility index (Phi) is 3.12. The molecule has 0 aliphatic heterocycles. The molecule has 0 radical (unpaired) electrons. The lowest BCUT2D eigenvalue weighted by Gasteiger charge is -2.04. The van der Waals surface area contributed by atoms with Crippen LogP contribution < -0.4 is 5.32 Å². The van der Waals surface area contributed by atoms with Crippen molar-refractivity contribution in [3.63, 3.8) is 0 Å². The van der Waals surface area contributed by atoms with Crippen molar-refractivity contribution in [2.45, 2.75) is 13.1 Å². The summed E-state index contributed by atoms with van der Waals surface area (Å²) in [7, 11) is 1.81. The number of rotatable bonds is 2. The fourth-order valence-electron chi connectivity index (χ4n) is 1.89. The smallest absolute Gasteiger partial charge is 0.315 e. The molecule has 0 spiro atoms. The van der Waals surface area contributed by atoms with Crippen molar-refractivity contribution in [3.8, 4) is 0 Å². The first-order valence-electron chi connectivity index (χ1n) is 6.08. The fraction of sp³-hybridized carbons (Fsp3) is 0.231. The lowest BCUT2D eigenvalue weighted by Crippen LogP contribution is -2.03. The van der Waals surface area contributed by atoms with Gasteiger partial charge in [-0.15, -0.1) is 0 Å². The highest BCUT2D eigenvalue weighted by molar-refractivity contribution is 7.22. The molecule has 21 heavy (non-hydrogen) atoms. The molecule has 0 saturated heterocycles. The molecule has 2 heterocycles. The summed E-state index contributed by atoms with van der Waals surface area (Å²) in [6.07, 6.45) is -4.36. The van der Waals surface area contributed by atoms with E-state index >= 15 is 0 Å². The molecular weight excluding hydrogens is 301 g/mol. The Morgan fingerprint density at radius 3 is 2.62 bits per heavy atom. The second-order valence-electron chi connectivity index (χ2n) is 4.62. The maximum atomic E-state index is 12.7. The Balaban J connectivity index is 1.94. The van der Waals surface area contributed by atoms with Crippen LogP contribution in [0.4, 0.5) is 24.1 Å². The first-order valence-corrected chi connectivity index (χ1v) is 6.90. The summed E-state index contributed by atoms with van der Waals surface area (Å²) >= 11 is 1.29. The van der Waals surface area contributed by atoms with Gasteiger partial charge in [-0.05, 0) is 25.1 Å². The maximum Gasteiger partial charge on any atom is 0.416 e. The van der Waals surface area contributed by atoms with Crippen molar-refractivity contribution in [1.82, 2.24) is 14.8 Å². The number of aromatic nitrogens is 3. The minimum absolute atomic E-state index is 0.324. The van der Waals surface area contributed by atoms with Gasteiger partial charge in [-0.25, -0.2) is 4.98 Å². The van der Waals surface area contributed by atoms with Gasteiger partial charge in [-0.3, -0.25) is 4.68 Å². The lowest BCUT2D eigenvalue weighted by atomic mass is 10.2. The number of anilines is 2. The maximum absolute atomic E-state index is 12.7. The van der Waals surface area contributed by atoms with Gasteiger partial charge in [0.2, 0.25) is 0 Å².